The van der Waals surface area contributed by atoms with Gasteiger partial charge in [-0.25, -0.2) is 0 Å². The van der Waals surface area contributed by atoms with Crippen LogP contribution in [0.15, 0.2) is 18.2 Å². The summed E-state index contributed by atoms with van der Waals surface area (Å²) in [7, 11) is 0. The molecule has 0 aliphatic heterocycles. The number of hydrogen-bond donors (Lipinski definition) is 1. The van der Waals surface area contributed by atoms with Crippen molar-refractivity contribution >= 4 is 23.2 Å². The first kappa shape index (κ1) is 15.8. The SMILES string of the molecule is CCNC(Cc1cccc(Cl)c1Cl)CC(C)CC. The number of rotatable bonds is 7. The van der Waals surface area contributed by atoms with Gasteiger partial charge in [-0.1, -0.05) is 62.5 Å². The van der Waals surface area contributed by atoms with Crippen molar-refractivity contribution in [1.82, 2.24) is 5.32 Å². The van der Waals surface area contributed by atoms with Crippen LogP contribution >= 0.6 is 23.2 Å². The average Bonchev–Trinajstić information content (AvgIpc) is 2.35. The van der Waals surface area contributed by atoms with Crippen molar-refractivity contribution in [3.63, 3.8) is 0 Å². The van der Waals surface area contributed by atoms with E-state index in [4.69, 9.17) is 23.2 Å². The molecular weight excluding hydrogens is 265 g/mol. The van der Waals surface area contributed by atoms with Gasteiger partial charge in [0.2, 0.25) is 0 Å². The van der Waals surface area contributed by atoms with E-state index < -0.39 is 0 Å². The van der Waals surface area contributed by atoms with Crippen LogP contribution in [0.5, 0.6) is 0 Å². The van der Waals surface area contributed by atoms with Gasteiger partial charge in [0.1, 0.15) is 0 Å². The molecule has 2 unspecified atom stereocenters. The van der Waals surface area contributed by atoms with Crippen LogP contribution in [-0.4, -0.2) is 12.6 Å². The second-order valence-electron chi connectivity index (χ2n) is 4.92. The molecule has 1 rings (SSSR count). The standard InChI is InChI=1S/C15H23Cl2N/c1-4-11(3)9-13(18-5-2)10-12-7-6-8-14(16)15(12)17/h6-8,11,13,18H,4-5,9-10H2,1-3H3. The van der Waals surface area contributed by atoms with Gasteiger partial charge in [0.25, 0.3) is 0 Å². The minimum atomic E-state index is 0.473. The molecule has 1 aromatic carbocycles. The summed E-state index contributed by atoms with van der Waals surface area (Å²) in [6, 6.07) is 6.34. The van der Waals surface area contributed by atoms with Gasteiger partial charge >= 0.3 is 0 Å². The monoisotopic (exact) mass is 287 g/mol. The van der Waals surface area contributed by atoms with E-state index >= 15 is 0 Å². The quantitative estimate of drug-likeness (QED) is 0.748. The Hall–Kier alpha value is -0.240. The summed E-state index contributed by atoms with van der Waals surface area (Å²) >= 11 is 12.3. The Morgan fingerprint density at radius 3 is 2.56 bits per heavy atom. The van der Waals surface area contributed by atoms with Crippen LogP contribution in [0.1, 0.15) is 39.2 Å². The highest BCUT2D eigenvalue weighted by molar-refractivity contribution is 6.42. The molecule has 1 N–H and O–H groups in total. The predicted octanol–water partition coefficient (Wildman–Crippen LogP) is 4.95. The van der Waals surface area contributed by atoms with Crippen LogP contribution in [0.3, 0.4) is 0 Å². The van der Waals surface area contributed by atoms with E-state index in [-0.39, 0.29) is 0 Å². The fraction of sp³-hybridized carbons (Fsp3) is 0.600. The summed E-state index contributed by atoms with van der Waals surface area (Å²) in [5.74, 6) is 0.729. The van der Waals surface area contributed by atoms with Gasteiger partial charge in [0.05, 0.1) is 10.0 Å². The smallest absolute Gasteiger partial charge is 0.0624 e. The molecule has 0 radical (unpaired) electrons. The second kappa shape index (κ2) is 8.04. The molecule has 0 saturated heterocycles. The van der Waals surface area contributed by atoms with Crippen molar-refractivity contribution in [3.8, 4) is 0 Å². The minimum absolute atomic E-state index is 0.473. The van der Waals surface area contributed by atoms with Crippen molar-refractivity contribution in [2.45, 2.75) is 46.1 Å². The van der Waals surface area contributed by atoms with Gasteiger partial charge in [-0.2, -0.15) is 0 Å². The normalized spacial score (nSPS) is 14.5. The maximum Gasteiger partial charge on any atom is 0.0624 e. The highest BCUT2D eigenvalue weighted by Crippen LogP contribution is 2.27. The zero-order valence-corrected chi connectivity index (χ0v) is 13.0. The number of nitrogens with one attached hydrogen (secondary N) is 1. The molecule has 1 nitrogen and oxygen atoms in total. The maximum absolute atomic E-state index is 6.25. The third kappa shape index (κ3) is 4.79. The molecule has 3 heteroatoms. The lowest BCUT2D eigenvalue weighted by atomic mass is 9.94. The van der Waals surface area contributed by atoms with Gasteiger partial charge in [0.15, 0.2) is 0 Å². The topological polar surface area (TPSA) is 12.0 Å². The van der Waals surface area contributed by atoms with E-state index in [9.17, 15) is 0 Å². The van der Waals surface area contributed by atoms with Crippen molar-refractivity contribution in [1.29, 1.82) is 0 Å². The zero-order valence-electron chi connectivity index (χ0n) is 11.5. The number of halogens is 2. The minimum Gasteiger partial charge on any atom is -0.314 e. The number of likely N-dealkylation sites (N-methyl/N-ethyl adjacent to an activating group) is 1. The summed E-state index contributed by atoms with van der Waals surface area (Å²) in [5.41, 5.74) is 1.14. The lowest BCUT2D eigenvalue weighted by molar-refractivity contribution is 0.397. The largest absolute Gasteiger partial charge is 0.314 e. The van der Waals surface area contributed by atoms with Gasteiger partial charge in [-0.05, 0) is 36.9 Å². The van der Waals surface area contributed by atoms with E-state index in [0.29, 0.717) is 16.1 Å². The average molecular weight is 288 g/mol. The molecular formula is C15H23Cl2N. The molecule has 0 aromatic heterocycles. The molecule has 102 valence electrons. The highest BCUT2D eigenvalue weighted by atomic mass is 35.5. The fourth-order valence-electron chi connectivity index (χ4n) is 2.15. The summed E-state index contributed by atoms with van der Waals surface area (Å²) in [5, 5.41) is 4.89. The van der Waals surface area contributed by atoms with Gasteiger partial charge < -0.3 is 5.32 Å². The Morgan fingerprint density at radius 2 is 1.94 bits per heavy atom. The van der Waals surface area contributed by atoms with Crippen molar-refractivity contribution < 1.29 is 0 Å². The molecule has 0 amide bonds. The van der Waals surface area contributed by atoms with Crippen molar-refractivity contribution in [2.24, 2.45) is 5.92 Å². The van der Waals surface area contributed by atoms with Crippen LogP contribution in [0.2, 0.25) is 10.0 Å². The predicted molar refractivity (Wildman–Crippen MR) is 81.7 cm³/mol. The molecule has 0 bridgehead atoms. The summed E-state index contributed by atoms with van der Waals surface area (Å²) in [4.78, 5) is 0. The third-order valence-electron chi connectivity index (χ3n) is 3.37. The van der Waals surface area contributed by atoms with E-state index in [1.165, 1.54) is 12.8 Å². The van der Waals surface area contributed by atoms with Crippen molar-refractivity contribution in [3.05, 3.63) is 33.8 Å². The lowest BCUT2D eigenvalue weighted by Gasteiger charge is -2.22. The Balaban J connectivity index is 2.73. The first-order chi connectivity index (χ1) is 8.58. The van der Waals surface area contributed by atoms with E-state index in [1.807, 2.05) is 12.1 Å². The Kier molecular flexibility index (Phi) is 7.06. The third-order valence-corrected chi connectivity index (χ3v) is 4.23. The molecule has 0 aliphatic rings. The van der Waals surface area contributed by atoms with Crippen LogP contribution in [0.4, 0.5) is 0 Å². The fourth-order valence-corrected chi connectivity index (χ4v) is 2.55. The summed E-state index contributed by atoms with van der Waals surface area (Å²) in [6.07, 6.45) is 3.33. The number of benzene rings is 1. The summed E-state index contributed by atoms with van der Waals surface area (Å²) in [6.45, 7) is 7.66. The molecule has 0 spiro atoms. The van der Waals surface area contributed by atoms with Crippen LogP contribution < -0.4 is 5.32 Å². The molecule has 18 heavy (non-hydrogen) atoms. The first-order valence-corrected chi connectivity index (χ1v) is 7.50. The number of hydrogen-bond acceptors (Lipinski definition) is 1. The molecule has 0 fully saturated rings. The van der Waals surface area contributed by atoms with Crippen LogP contribution in [0.25, 0.3) is 0 Å². The zero-order chi connectivity index (χ0) is 13.5. The van der Waals surface area contributed by atoms with Crippen LogP contribution in [-0.2, 0) is 6.42 Å². The van der Waals surface area contributed by atoms with Gasteiger partial charge in [-0.15, -0.1) is 0 Å². The highest BCUT2D eigenvalue weighted by Gasteiger charge is 2.14. The second-order valence-corrected chi connectivity index (χ2v) is 5.71. The molecule has 0 saturated carbocycles. The van der Waals surface area contributed by atoms with E-state index in [0.717, 1.165) is 24.4 Å². The van der Waals surface area contributed by atoms with Crippen LogP contribution in [0, 0.1) is 5.92 Å². The maximum atomic E-state index is 6.25. The first-order valence-electron chi connectivity index (χ1n) is 6.74. The van der Waals surface area contributed by atoms with Gasteiger partial charge in [-0.3, -0.25) is 0 Å². The summed E-state index contributed by atoms with van der Waals surface area (Å²) < 4.78 is 0. The molecule has 1 aromatic rings. The van der Waals surface area contributed by atoms with E-state index in [1.54, 1.807) is 0 Å². The molecule has 0 aliphatic carbocycles. The molecule has 0 heterocycles. The molecule has 2 atom stereocenters. The Bertz CT molecular complexity index is 366. The lowest BCUT2D eigenvalue weighted by Crippen LogP contribution is -2.32. The van der Waals surface area contributed by atoms with Gasteiger partial charge in [0, 0.05) is 6.04 Å². The van der Waals surface area contributed by atoms with E-state index in [2.05, 4.69) is 32.2 Å². The Morgan fingerprint density at radius 1 is 1.22 bits per heavy atom. The van der Waals surface area contributed by atoms with Crippen molar-refractivity contribution in [2.75, 3.05) is 6.54 Å². The Labute approximate surface area is 121 Å².